The van der Waals surface area contributed by atoms with E-state index in [1.54, 1.807) is 0 Å². The van der Waals surface area contributed by atoms with Crippen molar-refractivity contribution >= 4 is 22.4 Å². The van der Waals surface area contributed by atoms with Crippen LogP contribution in [0.1, 0.15) is 45.2 Å². The molecule has 0 saturated heterocycles. The van der Waals surface area contributed by atoms with Crippen LogP contribution in [-0.2, 0) is 5.41 Å². The molecule has 0 saturated carbocycles. The Hall–Kier alpha value is -7.95. The van der Waals surface area contributed by atoms with Crippen LogP contribution >= 0.6 is 0 Å². The summed E-state index contributed by atoms with van der Waals surface area (Å²) >= 11 is 0. The van der Waals surface area contributed by atoms with Crippen LogP contribution in [-0.4, -0.2) is 15.0 Å². The van der Waals surface area contributed by atoms with Gasteiger partial charge in [-0.2, -0.15) is 9.97 Å². The number of nitrogens with one attached hydrogen (secondary N) is 1. The fraction of sp³-hybridized carbons (Fsp3) is 0.0984. The SMILES string of the molecule is CC1(C)c2ccc(-c3cccc(-c4ccccc4Nc4nc(-c5ccc(-c6ccccc6)cc5)nc(-c5ccc(-c6ccccc6)cc5)n4)c3)cc2-c2c1ccc1ccccc21.CCC. The predicted molar refractivity (Wildman–Crippen MR) is 273 cm³/mol. The first-order valence-electron chi connectivity index (χ1n) is 22.6. The predicted octanol–water partition coefficient (Wildman–Crippen LogP) is 16.5. The average molecular weight is 839 g/mol. The molecule has 4 nitrogen and oxygen atoms in total. The van der Waals surface area contributed by atoms with Gasteiger partial charge in [0.05, 0.1) is 0 Å². The number of rotatable bonds is 8. The highest BCUT2D eigenvalue weighted by Crippen LogP contribution is 2.52. The summed E-state index contributed by atoms with van der Waals surface area (Å²) in [5, 5.41) is 6.21. The van der Waals surface area contributed by atoms with E-state index in [4.69, 9.17) is 15.0 Å². The van der Waals surface area contributed by atoms with Gasteiger partial charge in [0.25, 0.3) is 0 Å². The van der Waals surface area contributed by atoms with Gasteiger partial charge in [-0.1, -0.05) is 228 Å². The zero-order chi connectivity index (χ0) is 44.3. The minimum atomic E-state index is -0.0777. The number of benzene rings is 9. The molecule has 10 aromatic rings. The van der Waals surface area contributed by atoms with Gasteiger partial charge in [0.15, 0.2) is 11.6 Å². The van der Waals surface area contributed by atoms with E-state index in [9.17, 15) is 0 Å². The van der Waals surface area contributed by atoms with Crippen molar-refractivity contribution < 1.29 is 0 Å². The zero-order valence-corrected chi connectivity index (χ0v) is 37.3. The average Bonchev–Trinajstić information content (AvgIpc) is 3.60. The highest BCUT2D eigenvalue weighted by atomic mass is 15.2. The van der Waals surface area contributed by atoms with Gasteiger partial charge in [-0.15, -0.1) is 0 Å². The van der Waals surface area contributed by atoms with Crippen molar-refractivity contribution in [2.24, 2.45) is 0 Å². The number of nitrogens with zero attached hydrogens (tertiary/aromatic N) is 3. The number of fused-ring (bicyclic) bond motifs is 5. The third kappa shape index (κ3) is 8.11. The first kappa shape index (κ1) is 41.1. The molecule has 1 aliphatic carbocycles. The monoisotopic (exact) mass is 838 g/mol. The lowest BCUT2D eigenvalue weighted by Gasteiger charge is -2.21. The van der Waals surface area contributed by atoms with Crippen LogP contribution in [0, 0.1) is 0 Å². The highest BCUT2D eigenvalue weighted by molar-refractivity contribution is 6.03. The molecular formula is C61H50N4. The summed E-state index contributed by atoms with van der Waals surface area (Å²) in [6.07, 6.45) is 1.25. The first-order chi connectivity index (χ1) is 31.9. The molecule has 0 amide bonds. The molecule has 0 fully saturated rings. The van der Waals surface area contributed by atoms with Crippen LogP contribution < -0.4 is 5.32 Å². The van der Waals surface area contributed by atoms with Gasteiger partial charge in [-0.25, -0.2) is 4.98 Å². The van der Waals surface area contributed by atoms with Gasteiger partial charge in [-0.3, -0.25) is 0 Å². The van der Waals surface area contributed by atoms with Crippen molar-refractivity contribution in [3.05, 3.63) is 223 Å². The summed E-state index contributed by atoms with van der Waals surface area (Å²) < 4.78 is 0. The van der Waals surface area contributed by atoms with Crippen molar-refractivity contribution in [2.45, 2.75) is 39.5 Å². The highest BCUT2D eigenvalue weighted by Gasteiger charge is 2.36. The van der Waals surface area contributed by atoms with Crippen molar-refractivity contribution in [1.82, 2.24) is 15.0 Å². The standard InChI is InChI=1S/C58H42N4.C3H8/c1-58(2)51-34-33-46(37-50(51)54-49-22-10-9-18-42(49)32-35-52(54)58)45-19-13-20-47(36-45)48-21-11-12-23-53(48)59-57-61-55(43-28-24-40(25-29-43)38-14-5-3-6-15-38)60-56(62-57)44-30-26-41(27-31-44)39-16-7-4-8-17-39;1-3-2/h3-37H,1-2H3,(H,59,60,61,62);3H2,1-2H3. The third-order valence-corrected chi connectivity index (χ3v) is 12.4. The smallest absolute Gasteiger partial charge is 0.231 e. The second-order valence-corrected chi connectivity index (χ2v) is 17.2. The molecule has 314 valence electrons. The molecule has 0 atom stereocenters. The fourth-order valence-corrected chi connectivity index (χ4v) is 9.11. The minimum Gasteiger partial charge on any atom is -0.323 e. The Morgan fingerprint density at radius 2 is 0.862 bits per heavy atom. The van der Waals surface area contributed by atoms with Crippen molar-refractivity contribution in [1.29, 1.82) is 0 Å². The summed E-state index contributed by atoms with van der Waals surface area (Å²) in [5.41, 5.74) is 17.2. The maximum atomic E-state index is 5.05. The van der Waals surface area contributed by atoms with Crippen molar-refractivity contribution in [2.75, 3.05) is 5.32 Å². The fourth-order valence-electron chi connectivity index (χ4n) is 9.11. The van der Waals surface area contributed by atoms with Crippen LogP contribution in [0.5, 0.6) is 0 Å². The van der Waals surface area contributed by atoms with Crippen LogP contribution in [0.2, 0.25) is 0 Å². The van der Waals surface area contributed by atoms with Crippen molar-refractivity contribution in [3.63, 3.8) is 0 Å². The van der Waals surface area contributed by atoms with Crippen LogP contribution in [0.25, 0.3) is 89.2 Å². The van der Waals surface area contributed by atoms with Gasteiger partial charge in [0.1, 0.15) is 0 Å². The van der Waals surface area contributed by atoms with Crippen LogP contribution in [0.4, 0.5) is 11.6 Å². The largest absolute Gasteiger partial charge is 0.323 e. The van der Waals surface area contributed by atoms with Crippen molar-refractivity contribution in [3.8, 4) is 78.4 Å². The van der Waals surface area contributed by atoms with E-state index >= 15 is 0 Å². The molecule has 1 aromatic heterocycles. The van der Waals surface area contributed by atoms with E-state index in [2.05, 4.69) is 227 Å². The summed E-state index contributed by atoms with van der Waals surface area (Å²) in [6, 6.07) is 75.2. The van der Waals surface area contributed by atoms with Crippen LogP contribution in [0.15, 0.2) is 212 Å². The molecule has 0 spiro atoms. The molecular weight excluding hydrogens is 789 g/mol. The van der Waals surface area contributed by atoms with E-state index in [1.165, 1.54) is 45.0 Å². The molecule has 1 aliphatic rings. The maximum absolute atomic E-state index is 5.05. The lowest BCUT2D eigenvalue weighted by atomic mass is 9.82. The number of hydrogen-bond acceptors (Lipinski definition) is 4. The lowest BCUT2D eigenvalue weighted by molar-refractivity contribution is 0.661. The van der Waals surface area contributed by atoms with Gasteiger partial charge >= 0.3 is 0 Å². The summed E-state index contributed by atoms with van der Waals surface area (Å²) in [6.45, 7) is 8.94. The Kier molecular flexibility index (Phi) is 11.2. The lowest BCUT2D eigenvalue weighted by Crippen LogP contribution is -2.14. The topological polar surface area (TPSA) is 50.7 Å². The van der Waals surface area contributed by atoms with E-state index in [0.29, 0.717) is 17.6 Å². The van der Waals surface area contributed by atoms with E-state index < -0.39 is 0 Å². The quantitative estimate of drug-likeness (QED) is 0.166. The number of hydrogen-bond donors (Lipinski definition) is 1. The van der Waals surface area contributed by atoms with Gasteiger partial charge in [-0.05, 0) is 90.2 Å². The molecule has 4 heteroatoms. The van der Waals surface area contributed by atoms with Gasteiger partial charge in [0.2, 0.25) is 5.95 Å². The first-order valence-corrected chi connectivity index (χ1v) is 22.6. The number of para-hydroxylation sites is 1. The maximum Gasteiger partial charge on any atom is 0.231 e. The molecule has 1 heterocycles. The second kappa shape index (κ2) is 17.7. The Morgan fingerprint density at radius 1 is 0.385 bits per heavy atom. The summed E-state index contributed by atoms with van der Waals surface area (Å²) in [5.74, 6) is 1.66. The number of aromatic nitrogens is 3. The molecule has 1 N–H and O–H groups in total. The van der Waals surface area contributed by atoms with Gasteiger partial charge in [0, 0.05) is 27.8 Å². The molecule has 0 radical (unpaired) electrons. The Bertz CT molecular complexity index is 3180. The van der Waals surface area contributed by atoms with E-state index in [-0.39, 0.29) is 5.41 Å². The number of anilines is 2. The van der Waals surface area contributed by atoms with E-state index in [0.717, 1.165) is 55.8 Å². The molecule has 65 heavy (non-hydrogen) atoms. The Morgan fingerprint density at radius 3 is 1.51 bits per heavy atom. The third-order valence-electron chi connectivity index (χ3n) is 12.4. The van der Waals surface area contributed by atoms with E-state index in [1.807, 2.05) is 18.2 Å². The van der Waals surface area contributed by atoms with Crippen LogP contribution in [0.3, 0.4) is 0 Å². The summed E-state index contributed by atoms with van der Waals surface area (Å²) in [7, 11) is 0. The molecule has 0 unspecified atom stereocenters. The normalized spacial score (nSPS) is 12.2. The zero-order valence-electron chi connectivity index (χ0n) is 37.3. The summed E-state index contributed by atoms with van der Waals surface area (Å²) in [4.78, 5) is 15.1. The Labute approximate surface area is 382 Å². The molecule has 11 rings (SSSR count). The molecule has 9 aromatic carbocycles. The Balaban J connectivity index is 0.00000162. The minimum absolute atomic E-state index is 0.0777. The molecule has 0 aliphatic heterocycles. The second-order valence-electron chi connectivity index (χ2n) is 17.2. The molecule has 0 bridgehead atoms. The van der Waals surface area contributed by atoms with Gasteiger partial charge < -0.3 is 5.32 Å².